The summed E-state index contributed by atoms with van der Waals surface area (Å²) >= 11 is 0. The zero-order valence-corrected chi connectivity index (χ0v) is 22.2. The number of rotatable bonds is 20. The molecule has 0 N–H and O–H groups in total. The van der Waals surface area contributed by atoms with Gasteiger partial charge in [-0.25, -0.2) is 0 Å². The third kappa shape index (κ3) is 10.6. The van der Waals surface area contributed by atoms with Gasteiger partial charge in [0.1, 0.15) is 0 Å². The zero-order chi connectivity index (χ0) is 21.3. The summed E-state index contributed by atoms with van der Waals surface area (Å²) in [5.74, 6) is 1.99. The van der Waals surface area contributed by atoms with Crippen molar-refractivity contribution in [3.05, 3.63) is 5.92 Å². The molecule has 0 saturated carbocycles. The van der Waals surface area contributed by atoms with E-state index < -0.39 is 0 Å². The topological polar surface area (TPSA) is 0 Å². The molecule has 1 heteroatoms. The molecule has 0 unspecified atom stereocenters. The van der Waals surface area contributed by atoms with Gasteiger partial charge in [-0.3, -0.25) is 0 Å². The first-order valence-corrected chi connectivity index (χ1v) is 13.4. The molecular formula is C28H57Li. The number of hydrogen-bond acceptors (Lipinski definition) is 0. The van der Waals surface area contributed by atoms with E-state index in [1.165, 1.54) is 116 Å². The summed E-state index contributed by atoms with van der Waals surface area (Å²) < 4.78 is 0. The van der Waals surface area contributed by atoms with Crippen LogP contribution in [-0.4, -0.2) is 0 Å². The largest absolute Gasteiger partial charge is 1.00 e. The van der Waals surface area contributed by atoms with Gasteiger partial charge in [-0.1, -0.05) is 144 Å². The molecule has 0 aliphatic heterocycles. The number of unbranched alkanes of at least 4 members (excludes halogenated alkanes) is 6. The summed E-state index contributed by atoms with van der Waals surface area (Å²) in [5.41, 5.74) is 0.994. The SMILES string of the molecule is CCCC[C-](CCCC)C(CCCC)(CCCC)C(C)(CCCC)CCCC.[Li+]. The summed E-state index contributed by atoms with van der Waals surface area (Å²) in [7, 11) is 0. The minimum atomic E-state index is 0. The first-order chi connectivity index (χ1) is 13.5. The minimum Gasteiger partial charge on any atom is -0.307 e. The Morgan fingerprint density at radius 3 is 1.10 bits per heavy atom. The maximum atomic E-state index is 2.72. The van der Waals surface area contributed by atoms with Crippen LogP contribution in [0.3, 0.4) is 0 Å². The van der Waals surface area contributed by atoms with Crippen molar-refractivity contribution < 1.29 is 18.9 Å². The van der Waals surface area contributed by atoms with Crippen LogP contribution in [0.1, 0.15) is 164 Å². The van der Waals surface area contributed by atoms with E-state index in [9.17, 15) is 0 Å². The van der Waals surface area contributed by atoms with Gasteiger partial charge in [-0.2, -0.15) is 12.8 Å². The fourth-order valence-corrected chi connectivity index (χ4v) is 5.59. The van der Waals surface area contributed by atoms with Crippen molar-refractivity contribution in [3.63, 3.8) is 0 Å². The van der Waals surface area contributed by atoms with Crippen LogP contribution in [0.4, 0.5) is 0 Å². The molecule has 0 saturated heterocycles. The second-order valence-electron chi connectivity index (χ2n) is 9.87. The zero-order valence-electron chi connectivity index (χ0n) is 22.2. The van der Waals surface area contributed by atoms with Crippen molar-refractivity contribution in [2.75, 3.05) is 0 Å². The first-order valence-electron chi connectivity index (χ1n) is 13.4. The molecule has 0 amide bonds. The quantitative estimate of drug-likeness (QED) is 0.145. The molecule has 0 spiro atoms. The maximum absolute atomic E-state index is 2.72. The van der Waals surface area contributed by atoms with Crippen LogP contribution in [0.25, 0.3) is 0 Å². The Kier molecular flexibility index (Phi) is 21.1. The van der Waals surface area contributed by atoms with Gasteiger partial charge >= 0.3 is 18.9 Å². The summed E-state index contributed by atoms with van der Waals surface area (Å²) in [6.45, 7) is 17.1. The second-order valence-corrected chi connectivity index (χ2v) is 9.87. The number of hydrogen-bond donors (Lipinski definition) is 0. The van der Waals surface area contributed by atoms with Crippen LogP contribution in [-0.2, 0) is 0 Å². The normalized spacial score (nSPS) is 12.4. The molecule has 170 valence electrons. The molecule has 0 aromatic heterocycles. The molecule has 0 radical (unpaired) electrons. The summed E-state index contributed by atoms with van der Waals surface area (Å²) in [6, 6.07) is 0. The van der Waals surface area contributed by atoms with E-state index in [-0.39, 0.29) is 18.9 Å². The van der Waals surface area contributed by atoms with Crippen molar-refractivity contribution in [1.29, 1.82) is 0 Å². The van der Waals surface area contributed by atoms with Crippen molar-refractivity contribution >= 4 is 0 Å². The minimum absolute atomic E-state index is 0. The van der Waals surface area contributed by atoms with E-state index in [4.69, 9.17) is 0 Å². The molecule has 0 aromatic carbocycles. The Morgan fingerprint density at radius 2 is 0.793 bits per heavy atom. The first kappa shape index (κ1) is 31.8. The van der Waals surface area contributed by atoms with E-state index >= 15 is 0 Å². The van der Waals surface area contributed by atoms with Crippen LogP contribution >= 0.6 is 0 Å². The fourth-order valence-electron chi connectivity index (χ4n) is 5.59. The van der Waals surface area contributed by atoms with Crippen molar-refractivity contribution in [1.82, 2.24) is 0 Å². The molecule has 0 fully saturated rings. The summed E-state index contributed by atoms with van der Waals surface area (Å²) in [5, 5.41) is 0. The molecule has 0 nitrogen and oxygen atoms in total. The molecule has 0 heterocycles. The Bertz CT molecular complexity index is 311. The van der Waals surface area contributed by atoms with E-state index in [2.05, 4.69) is 48.5 Å². The molecule has 0 bridgehead atoms. The standard InChI is InChI=1S/C28H57.Li/c1-8-14-20-26(21-15-9-2)28(24-18-12-5,25-19-13-6)27(7,22-16-10-3)23-17-11-4;/h8-25H2,1-7H3;/q-1;+1. The summed E-state index contributed by atoms with van der Waals surface area (Å²) in [4.78, 5) is 0. The van der Waals surface area contributed by atoms with Gasteiger partial charge < -0.3 is 5.92 Å². The second kappa shape index (κ2) is 19.3. The molecule has 0 atom stereocenters. The van der Waals surface area contributed by atoms with E-state index in [1.54, 1.807) is 0 Å². The van der Waals surface area contributed by atoms with E-state index in [0.717, 1.165) is 0 Å². The monoisotopic (exact) mass is 400 g/mol. The molecular weight excluding hydrogens is 343 g/mol. The molecule has 0 aliphatic carbocycles. The average molecular weight is 401 g/mol. The fraction of sp³-hybridized carbons (Fsp3) is 0.964. The molecule has 0 aromatic rings. The van der Waals surface area contributed by atoms with Crippen LogP contribution in [0.15, 0.2) is 0 Å². The predicted molar refractivity (Wildman–Crippen MR) is 131 cm³/mol. The van der Waals surface area contributed by atoms with Crippen molar-refractivity contribution in [2.24, 2.45) is 10.8 Å². The average Bonchev–Trinajstić information content (AvgIpc) is 2.71. The predicted octanol–water partition coefficient (Wildman–Crippen LogP) is 7.70. The van der Waals surface area contributed by atoms with Crippen LogP contribution < -0.4 is 18.9 Å². The van der Waals surface area contributed by atoms with Gasteiger partial charge in [-0.05, 0) is 12.8 Å². The molecule has 0 rings (SSSR count). The smallest absolute Gasteiger partial charge is 0.307 e. The summed E-state index contributed by atoms with van der Waals surface area (Å²) in [6.07, 6.45) is 25.1. The van der Waals surface area contributed by atoms with E-state index in [1.807, 2.05) is 5.92 Å². The third-order valence-electron chi connectivity index (χ3n) is 7.57. The molecule has 0 aliphatic rings. The van der Waals surface area contributed by atoms with Crippen LogP contribution in [0.5, 0.6) is 0 Å². The van der Waals surface area contributed by atoms with E-state index in [0.29, 0.717) is 10.8 Å². The van der Waals surface area contributed by atoms with Crippen molar-refractivity contribution in [3.8, 4) is 0 Å². The van der Waals surface area contributed by atoms with Crippen LogP contribution in [0.2, 0.25) is 0 Å². The molecule has 29 heavy (non-hydrogen) atoms. The van der Waals surface area contributed by atoms with Gasteiger partial charge in [0.25, 0.3) is 0 Å². The Morgan fingerprint density at radius 1 is 0.483 bits per heavy atom. The van der Waals surface area contributed by atoms with Crippen molar-refractivity contribution in [2.45, 2.75) is 164 Å². The van der Waals surface area contributed by atoms with Gasteiger partial charge in [0.05, 0.1) is 0 Å². The Labute approximate surface area is 199 Å². The Balaban J connectivity index is 0. The third-order valence-corrected chi connectivity index (χ3v) is 7.57. The van der Waals surface area contributed by atoms with Gasteiger partial charge in [0.2, 0.25) is 0 Å². The van der Waals surface area contributed by atoms with Gasteiger partial charge in [0.15, 0.2) is 0 Å². The van der Waals surface area contributed by atoms with Gasteiger partial charge in [0, 0.05) is 0 Å². The Hall–Kier alpha value is 0.597. The van der Waals surface area contributed by atoms with Crippen LogP contribution in [0, 0.1) is 16.7 Å². The maximum Gasteiger partial charge on any atom is 1.00 e. The van der Waals surface area contributed by atoms with Gasteiger partial charge in [-0.15, -0.1) is 5.41 Å².